The molecule has 5 nitrogen and oxygen atoms in total. The largest absolute Gasteiger partial charge is 0.480 e. The summed E-state index contributed by atoms with van der Waals surface area (Å²) in [6, 6.07) is 6.32. The van der Waals surface area contributed by atoms with Gasteiger partial charge in [-0.3, -0.25) is 4.79 Å². The second-order valence-corrected chi connectivity index (χ2v) is 4.64. The highest BCUT2D eigenvalue weighted by molar-refractivity contribution is 9.10. The number of carboxylic acids is 1. The lowest BCUT2D eigenvalue weighted by molar-refractivity contribution is -0.142. The first kappa shape index (κ1) is 14.7. The summed E-state index contributed by atoms with van der Waals surface area (Å²) in [5, 5.41) is 11.4. The summed E-state index contributed by atoms with van der Waals surface area (Å²) < 4.78 is 5.56. The third-order valence-electron chi connectivity index (χ3n) is 2.26. The van der Waals surface area contributed by atoms with Gasteiger partial charge in [-0.2, -0.15) is 0 Å². The summed E-state index contributed by atoms with van der Waals surface area (Å²) in [5.74, 6) is -1.51. The fraction of sp³-hybridized carbons (Fsp3) is 0.333. The van der Waals surface area contributed by atoms with Gasteiger partial charge < -0.3 is 15.2 Å². The van der Waals surface area contributed by atoms with Crippen LogP contribution < -0.4 is 5.32 Å². The molecule has 1 amide bonds. The van der Waals surface area contributed by atoms with Gasteiger partial charge in [0.15, 0.2) is 0 Å². The van der Waals surface area contributed by atoms with Crippen LogP contribution in [-0.4, -0.2) is 36.7 Å². The highest BCUT2D eigenvalue weighted by atomic mass is 79.9. The van der Waals surface area contributed by atoms with E-state index in [-0.39, 0.29) is 13.0 Å². The van der Waals surface area contributed by atoms with E-state index in [1.807, 2.05) is 24.3 Å². The van der Waals surface area contributed by atoms with Crippen molar-refractivity contribution in [3.8, 4) is 0 Å². The van der Waals surface area contributed by atoms with Crippen LogP contribution in [0.25, 0.3) is 0 Å². The number of hydrogen-bond donors (Lipinski definition) is 2. The van der Waals surface area contributed by atoms with E-state index in [9.17, 15) is 9.59 Å². The topological polar surface area (TPSA) is 75.6 Å². The van der Waals surface area contributed by atoms with Crippen LogP contribution in [0.1, 0.15) is 5.56 Å². The molecule has 18 heavy (non-hydrogen) atoms. The number of carbonyl (C=O) groups excluding carboxylic acids is 1. The lowest BCUT2D eigenvalue weighted by Gasteiger charge is -2.14. The SMILES string of the molecule is COCC(=O)N[C@H](Cc1ccc(Br)cc1)C(=O)O. The Hall–Kier alpha value is -1.40. The van der Waals surface area contributed by atoms with E-state index in [1.165, 1.54) is 7.11 Å². The first-order chi connectivity index (χ1) is 8.52. The molecule has 0 heterocycles. The molecule has 1 rings (SSSR count). The van der Waals surface area contributed by atoms with Crippen molar-refractivity contribution in [3.63, 3.8) is 0 Å². The molecule has 0 unspecified atom stereocenters. The van der Waals surface area contributed by atoms with Gasteiger partial charge in [-0.15, -0.1) is 0 Å². The normalized spacial score (nSPS) is 11.9. The molecule has 0 fully saturated rings. The van der Waals surface area contributed by atoms with E-state index >= 15 is 0 Å². The highest BCUT2D eigenvalue weighted by Crippen LogP contribution is 2.12. The average Bonchev–Trinajstić information content (AvgIpc) is 2.31. The van der Waals surface area contributed by atoms with Gasteiger partial charge in [-0.1, -0.05) is 28.1 Å². The molecule has 98 valence electrons. The van der Waals surface area contributed by atoms with Crippen molar-refractivity contribution < 1.29 is 19.4 Å². The second kappa shape index (κ2) is 7.13. The Morgan fingerprint density at radius 2 is 2.00 bits per heavy atom. The van der Waals surface area contributed by atoms with Gasteiger partial charge in [-0.05, 0) is 17.7 Å². The number of amides is 1. The van der Waals surface area contributed by atoms with Gasteiger partial charge in [0.1, 0.15) is 12.6 Å². The first-order valence-electron chi connectivity index (χ1n) is 5.28. The fourth-order valence-corrected chi connectivity index (χ4v) is 1.69. The van der Waals surface area contributed by atoms with Gasteiger partial charge in [-0.25, -0.2) is 4.79 Å². The molecular weight excluding hydrogens is 302 g/mol. The number of carbonyl (C=O) groups is 2. The Morgan fingerprint density at radius 1 is 1.39 bits per heavy atom. The van der Waals surface area contributed by atoms with Crippen LogP contribution in [-0.2, 0) is 20.7 Å². The summed E-state index contributed by atoms with van der Waals surface area (Å²) in [6.07, 6.45) is 0.234. The van der Waals surface area contributed by atoms with E-state index < -0.39 is 17.9 Å². The van der Waals surface area contributed by atoms with Crippen molar-refractivity contribution >= 4 is 27.8 Å². The molecule has 2 N–H and O–H groups in total. The number of ether oxygens (including phenoxy) is 1. The molecule has 0 aliphatic heterocycles. The number of benzene rings is 1. The maximum atomic E-state index is 11.3. The zero-order valence-electron chi connectivity index (χ0n) is 9.85. The molecule has 0 radical (unpaired) electrons. The van der Waals surface area contributed by atoms with E-state index in [4.69, 9.17) is 5.11 Å². The van der Waals surface area contributed by atoms with Crippen molar-refractivity contribution in [3.05, 3.63) is 34.3 Å². The Bertz CT molecular complexity index is 419. The molecule has 0 aliphatic rings. The van der Waals surface area contributed by atoms with Crippen LogP contribution in [0.2, 0.25) is 0 Å². The Balaban J connectivity index is 2.65. The second-order valence-electron chi connectivity index (χ2n) is 3.72. The number of aliphatic carboxylic acids is 1. The molecule has 0 saturated heterocycles. The van der Waals surface area contributed by atoms with E-state index in [1.54, 1.807) is 0 Å². The minimum absolute atomic E-state index is 0.149. The molecule has 0 spiro atoms. The smallest absolute Gasteiger partial charge is 0.326 e. The predicted octanol–water partition coefficient (Wildman–Crippen LogP) is 1.21. The minimum atomic E-state index is -1.07. The van der Waals surface area contributed by atoms with Gasteiger partial charge in [0.05, 0.1) is 0 Å². The molecule has 6 heteroatoms. The van der Waals surface area contributed by atoms with Crippen LogP contribution in [0.4, 0.5) is 0 Å². The molecule has 1 aromatic carbocycles. The molecule has 0 bridgehead atoms. The van der Waals surface area contributed by atoms with Gasteiger partial charge >= 0.3 is 5.97 Å². The zero-order chi connectivity index (χ0) is 13.5. The number of methoxy groups -OCH3 is 1. The Kier molecular flexibility index (Phi) is 5.80. The van der Waals surface area contributed by atoms with E-state index in [0.717, 1.165) is 10.0 Å². The van der Waals surface area contributed by atoms with Crippen LogP contribution in [0.5, 0.6) is 0 Å². The van der Waals surface area contributed by atoms with E-state index in [2.05, 4.69) is 26.0 Å². The minimum Gasteiger partial charge on any atom is -0.480 e. The summed E-state index contributed by atoms with van der Waals surface area (Å²) >= 11 is 3.30. The van der Waals surface area contributed by atoms with Crippen molar-refractivity contribution in [2.75, 3.05) is 13.7 Å². The van der Waals surface area contributed by atoms with Gasteiger partial charge in [0, 0.05) is 18.0 Å². The lowest BCUT2D eigenvalue weighted by Crippen LogP contribution is -2.43. The third-order valence-corrected chi connectivity index (χ3v) is 2.79. The van der Waals surface area contributed by atoms with Crippen molar-refractivity contribution in [2.24, 2.45) is 0 Å². The standard InChI is InChI=1S/C12H14BrNO4/c1-18-7-11(15)14-10(12(16)17)6-8-2-4-9(13)5-3-8/h2-5,10H,6-7H2,1H3,(H,14,15)(H,16,17)/t10-/m1/s1. The first-order valence-corrected chi connectivity index (χ1v) is 6.07. The highest BCUT2D eigenvalue weighted by Gasteiger charge is 2.20. The van der Waals surface area contributed by atoms with Gasteiger partial charge in [0.2, 0.25) is 5.91 Å². The number of nitrogens with one attached hydrogen (secondary N) is 1. The zero-order valence-corrected chi connectivity index (χ0v) is 11.4. The summed E-state index contributed by atoms with van der Waals surface area (Å²) in [7, 11) is 1.38. The Labute approximate surface area is 113 Å². The lowest BCUT2D eigenvalue weighted by atomic mass is 10.1. The maximum absolute atomic E-state index is 11.3. The fourth-order valence-electron chi connectivity index (χ4n) is 1.42. The number of carboxylic acid groups (broad SMARTS) is 1. The van der Waals surface area contributed by atoms with Gasteiger partial charge in [0.25, 0.3) is 0 Å². The van der Waals surface area contributed by atoms with Crippen LogP contribution >= 0.6 is 15.9 Å². The molecule has 1 atom stereocenters. The van der Waals surface area contributed by atoms with E-state index in [0.29, 0.717) is 0 Å². The van der Waals surface area contributed by atoms with Crippen LogP contribution in [0, 0.1) is 0 Å². The average molecular weight is 316 g/mol. The maximum Gasteiger partial charge on any atom is 0.326 e. The van der Waals surface area contributed by atoms with Crippen LogP contribution in [0.15, 0.2) is 28.7 Å². The summed E-state index contributed by atoms with van der Waals surface area (Å²) in [6.45, 7) is -0.149. The predicted molar refractivity (Wildman–Crippen MR) is 69.3 cm³/mol. The molecule has 0 saturated carbocycles. The summed E-state index contributed by atoms with van der Waals surface area (Å²) in [4.78, 5) is 22.3. The number of rotatable bonds is 6. The monoisotopic (exact) mass is 315 g/mol. The van der Waals surface area contributed by atoms with Crippen molar-refractivity contribution in [1.29, 1.82) is 0 Å². The summed E-state index contributed by atoms with van der Waals surface area (Å²) in [5.41, 5.74) is 0.836. The van der Waals surface area contributed by atoms with Crippen molar-refractivity contribution in [2.45, 2.75) is 12.5 Å². The molecule has 0 aliphatic carbocycles. The van der Waals surface area contributed by atoms with Crippen molar-refractivity contribution in [1.82, 2.24) is 5.32 Å². The third kappa shape index (κ3) is 4.85. The Morgan fingerprint density at radius 3 is 2.50 bits per heavy atom. The molecule has 0 aromatic heterocycles. The quantitative estimate of drug-likeness (QED) is 0.827. The molecule has 1 aromatic rings. The number of halogens is 1. The number of hydrogen-bond acceptors (Lipinski definition) is 3. The molecular formula is C12H14BrNO4. The van der Waals surface area contributed by atoms with Crippen LogP contribution in [0.3, 0.4) is 0 Å².